The van der Waals surface area contributed by atoms with Crippen LogP contribution in [-0.4, -0.2) is 24.9 Å². The summed E-state index contributed by atoms with van der Waals surface area (Å²) in [6, 6.07) is 3.98. The first-order chi connectivity index (χ1) is 9.47. The smallest absolute Gasteiger partial charge is 0.175 e. The molecule has 1 fully saturated rings. The molecule has 0 aromatic heterocycles. The summed E-state index contributed by atoms with van der Waals surface area (Å²) in [5, 5.41) is 9.51. The first kappa shape index (κ1) is 15.6. The van der Waals surface area contributed by atoms with Crippen molar-refractivity contribution in [3.8, 4) is 11.5 Å². The second-order valence-corrected chi connectivity index (χ2v) is 6.91. The topological polar surface area (TPSA) is 38.7 Å². The summed E-state index contributed by atoms with van der Waals surface area (Å²) in [5.74, 6) is 1.50. The molecule has 0 atom stereocenters. The van der Waals surface area contributed by atoms with Gasteiger partial charge in [0.25, 0.3) is 0 Å². The zero-order chi connectivity index (χ0) is 14.8. The van der Waals surface area contributed by atoms with Crippen LogP contribution < -0.4 is 9.47 Å². The van der Waals surface area contributed by atoms with Gasteiger partial charge in [-0.25, -0.2) is 0 Å². The molecular weight excluding hydrogens is 320 g/mol. The molecule has 1 N–H and O–H groups in total. The summed E-state index contributed by atoms with van der Waals surface area (Å²) in [6.07, 6.45) is 4.98. The summed E-state index contributed by atoms with van der Waals surface area (Å²) in [4.78, 5) is 0. The Kier molecular flexibility index (Phi) is 4.97. The average molecular weight is 343 g/mol. The zero-order valence-electron chi connectivity index (χ0n) is 12.4. The molecule has 0 bridgehead atoms. The van der Waals surface area contributed by atoms with E-state index >= 15 is 0 Å². The molecule has 0 unspecified atom stereocenters. The molecule has 0 amide bonds. The van der Waals surface area contributed by atoms with E-state index in [1.807, 2.05) is 26.0 Å². The molecule has 4 heteroatoms. The highest BCUT2D eigenvalue weighted by atomic mass is 79.9. The molecule has 0 saturated heterocycles. The van der Waals surface area contributed by atoms with Crippen molar-refractivity contribution in [2.75, 3.05) is 13.7 Å². The van der Waals surface area contributed by atoms with Crippen molar-refractivity contribution >= 4 is 15.9 Å². The predicted octanol–water partition coefficient (Wildman–Crippen LogP) is 4.05. The van der Waals surface area contributed by atoms with Crippen LogP contribution in [0.3, 0.4) is 0 Å². The van der Waals surface area contributed by atoms with Crippen molar-refractivity contribution in [3.05, 3.63) is 22.2 Å². The standard InChI is InChI=1S/C16H23BrO3/c1-16(2,10-18)11-8-13(17)15(14(9-11)19-3)20-12-6-4-5-7-12/h8-9,12,18H,4-7,10H2,1-3H3. The molecule has 0 heterocycles. The molecule has 0 spiro atoms. The van der Waals surface area contributed by atoms with Gasteiger partial charge in [-0.15, -0.1) is 0 Å². The van der Waals surface area contributed by atoms with Gasteiger partial charge in [0.2, 0.25) is 0 Å². The Morgan fingerprint density at radius 3 is 2.50 bits per heavy atom. The van der Waals surface area contributed by atoms with Crippen LogP contribution in [0.2, 0.25) is 0 Å². The van der Waals surface area contributed by atoms with E-state index in [0.717, 1.165) is 34.4 Å². The van der Waals surface area contributed by atoms with Gasteiger partial charge in [0.05, 0.1) is 24.3 Å². The number of rotatable bonds is 5. The summed E-state index contributed by atoms with van der Waals surface area (Å²) in [6.45, 7) is 4.10. The van der Waals surface area contributed by atoms with Crippen molar-refractivity contribution in [3.63, 3.8) is 0 Å². The Labute approximate surface area is 129 Å². The molecule has 1 saturated carbocycles. The molecule has 1 aliphatic rings. The van der Waals surface area contributed by atoms with Crippen molar-refractivity contribution in [2.45, 2.75) is 51.0 Å². The highest BCUT2D eigenvalue weighted by Gasteiger charge is 2.25. The van der Waals surface area contributed by atoms with E-state index in [0.29, 0.717) is 0 Å². The van der Waals surface area contributed by atoms with E-state index in [-0.39, 0.29) is 18.1 Å². The molecule has 1 aliphatic carbocycles. The Balaban J connectivity index is 2.32. The Bertz CT molecular complexity index is 465. The van der Waals surface area contributed by atoms with Crippen molar-refractivity contribution in [2.24, 2.45) is 0 Å². The fourth-order valence-corrected chi connectivity index (χ4v) is 3.02. The average Bonchev–Trinajstić information content (AvgIpc) is 2.93. The summed E-state index contributed by atoms with van der Waals surface area (Å²) < 4.78 is 12.5. The number of ether oxygens (including phenoxy) is 2. The van der Waals surface area contributed by atoms with Crippen molar-refractivity contribution < 1.29 is 14.6 Å². The Hall–Kier alpha value is -0.740. The normalized spacial score (nSPS) is 16.4. The molecule has 2 rings (SSSR count). The highest BCUT2D eigenvalue weighted by molar-refractivity contribution is 9.10. The van der Waals surface area contributed by atoms with Gasteiger partial charge in [-0.2, -0.15) is 0 Å². The SMILES string of the molecule is COc1cc(C(C)(C)CO)cc(Br)c1OC1CCCC1. The minimum Gasteiger partial charge on any atom is -0.493 e. The maximum Gasteiger partial charge on any atom is 0.175 e. The Morgan fingerprint density at radius 1 is 1.30 bits per heavy atom. The maximum absolute atomic E-state index is 9.51. The fourth-order valence-electron chi connectivity index (χ4n) is 2.49. The summed E-state index contributed by atoms with van der Waals surface area (Å²) >= 11 is 3.58. The first-order valence-electron chi connectivity index (χ1n) is 7.13. The number of aliphatic hydroxyl groups excluding tert-OH is 1. The number of aliphatic hydroxyl groups is 1. The van der Waals surface area contributed by atoms with Gasteiger partial charge in [-0.05, 0) is 59.3 Å². The fraction of sp³-hybridized carbons (Fsp3) is 0.625. The van der Waals surface area contributed by atoms with Crippen molar-refractivity contribution in [1.82, 2.24) is 0 Å². The molecule has 0 aliphatic heterocycles. The van der Waals surface area contributed by atoms with E-state index in [2.05, 4.69) is 15.9 Å². The maximum atomic E-state index is 9.51. The number of hydrogen-bond donors (Lipinski definition) is 1. The predicted molar refractivity (Wildman–Crippen MR) is 83.7 cm³/mol. The van der Waals surface area contributed by atoms with Gasteiger partial charge in [-0.1, -0.05) is 13.8 Å². The molecule has 0 radical (unpaired) electrons. The number of hydrogen-bond acceptors (Lipinski definition) is 3. The van der Waals surface area contributed by atoms with Crippen LogP contribution in [0.25, 0.3) is 0 Å². The van der Waals surface area contributed by atoms with Gasteiger partial charge < -0.3 is 14.6 Å². The third kappa shape index (κ3) is 3.29. The molecule has 112 valence electrons. The lowest BCUT2D eigenvalue weighted by Gasteiger charge is -2.25. The quantitative estimate of drug-likeness (QED) is 0.877. The van der Waals surface area contributed by atoms with E-state index in [4.69, 9.17) is 9.47 Å². The van der Waals surface area contributed by atoms with Gasteiger partial charge in [0.1, 0.15) is 0 Å². The molecular formula is C16H23BrO3. The molecule has 1 aromatic carbocycles. The third-order valence-electron chi connectivity index (χ3n) is 3.99. The monoisotopic (exact) mass is 342 g/mol. The van der Waals surface area contributed by atoms with Crippen LogP contribution in [0.15, 0.2) is 16.6 Å². The largest absolute Gasteiger partial charge is 0.493 e. The van der Waals surface area contributed by atoms with Gasteiger partial charge >= 0.3 is 0 Å². The van der Waals surface area contributed by atoms with E-state index in [1.54, 1.807) is 7.11 Å². The summed E-state index contributed by atoms with van der Waals surface area (Å²) in [7, 11) is 1.65. The Morgan fingerprint density at radius 2 is 1.95 bits per heavy atom. The van der Waals surface area contributed by atoms with E-state index in [1.165, 1.54) is 12.8 Å². The van der Waals surface area contributed by atoms with Crippen LogP contribution >= 0.6 is 15.9 Å². The lowest BCUT2D eigenvalue weighted by molar-refractivity contribution is 0.197. The van der Waals surface area contributed by atoms with Crippen LogP contribution in [-0.2, 0) is 5.41 Å². The first-order valence-corrected chi connectivity index (χ1v) is 7.93. The van der Waals surface area contributed by atoms with E-state index in [9.17, 15) is 5.11 Å². The third-order valence-corrected chi connectivity index (χ3v) is 4.58. The molecule has 1 aromatic rings. The number of halogens is 1. The van der Waals surface area contributed by atoms with Gasteiger partial charge in [0, 0.05) is 5.41 Å². The van der Waals surface area contributed by atoms with Gasteiger partial charge in [-0.3, -0.25) is 0 Å². The minimum atomic E-state index is -0.304. The second kappa shape index (κ2) is 6.35. The van der Waals surface area contributed by atoms with Gasteiger partial charge in [0.15, 0.2) is 11.5 Å². The van der Waals surface area contributed by atoms with Crippen LogP contribution in [0, 0.1) is 0 Å². The van der Waals surface area contributed by atoms with Crippen LogP contribution in [0.4, 0.5) is 0 Å². The van der Waals surface area contributed by atoms with E-state index < -0.39 is 0 Å². The lowest BCUT2D eigenvalue weighted by Crippen LogP contribution is -2.22. The van der Waals surface area contributed by atoms with Crippen molar-refractivity contribution in [1.29, 1.82) is 0 Å². The summed E-state index contributed by atoms with van der Waals surface area (Å²) in [5.41, 5.74) is 0.726. The number of methoxy groups -OCH3 is 1. The zero-order valence-corrected chi connectivity index (χ0v) is 14.0. The second-order valence-electron chi connectivity index (χ2n) is 6.06. The highest BCUT2D eigenvalue weighted by Crippen LogP contribution is 2.41. The minimum absolute atomic E-state index is 0.0887. The van der Waals surface area contributed by atoms with Crippen LogP contribution in [0.5, 0.6) is 11.5 Å². The number of benzene rings is 1. The molecule has 20 heavy (non-hydrogen) atoms. The van der Waals surface area contributed by atoms with Crippen LogP contribution in [0.1, 0.15) is 45.1 Å². The molecule has 3 nitrogen and oxygen atoms in total. The lowest BCUT2D eigenvalue weighted by atomic mass is 9.85.